The molecule has 0 aliphatic rings. The molecule has 0 heterocycles. The van der Waals surface area contributed by atoms with Gasteiger partial charge in [0.2, 0.25) is 0 Å². The van der Waals surface area contributed by atoms with Gasteiger partial charge in [0.15, 0.2) is 0 Å². The summed E-state index contributed by atoms with van der Waals surface area (Å²) in [5, 5.41) is 0. The molecule has 2 heteroatoms. The van der Waals surface area contributed by atoms with Crippen LogP contribution in [0.2, 0.25) is 0 Å². The summed E-state index contributed by atoms with van der Waals surface area (Å²) in [5.74, 6) is 0.235. The van der Waals surface area contributed by atoms with Crippen LogP contribution in [0, 0.1) is 0 Å². The van der Waals surface area contributed by atoms with Crippen molar-refractivity contribution in [2.75, 3.05) is 38.0 Å². The van der Waals surface area contributed by atoms with E-state index in [2.05, 4.69) is 120 Å². The fourth-order valence-electron chi connectivity index (χ4n) is 5.11. The molecule has 3 aromatic rings. The molecule has 0 aliphatic heterocycles. The first-order chi connectivity index (χ1) is 15.9. The van der Waals surface area contributed by atoms with Crippen LogP contribution in [0.3, 0.4) is 0 Å². The molecule has 0 spiro atoms. The molecule has 33 heavy (non-hydrogen) atoms. The van der Waals surface area contributed by atoms with Gasteiger partial charge in [-0.3, -0.25) is 0 Å². The van der Waals surface area contributed by atoms with Gasteiger partial charge in [-0.15, -0.1) is 0 Å². The number of aryl methyl sites for hydroxylation is 4. The highest BCUT2D eigenvalue weighted by Crippen LogP contribution is 2.40. The third-order valence-corrected chi connectivity index (χ3v) is 6.92. The lowest BCUT2D eigenvalue weighted by atomic mass is 9.78. The third kappa shape index (κ3) is 5.11. The Bertz CT molecular complexity index is 997. The van der Waals surface area contributed by atoms with Crippen molar-refractivity contribution >= 4 is 11.4 Å². The SMILES string of the molecule is CCc1cc(N(C)C)c(CC)cc1C(c1ccccc1)c1cc(CC)c(N(C)C)cc1CC. The van der Waals surface area contributed by atoms with Crippen LogP contribution in [0.15, 0.2) is 54.6 Å². The van der Waals surface area contributed by atoms with Crippen LogP contribution in [0.4, 0.5) is 11.4 Å². The van der Waals surface area contributed by atoms with Crippen LogP contribution < -0.4 is 9.80 Å². The zero-order valence-corrected chi connectivity index (χ0v) is 22.0. The highest BCUT2D eigenvalue weighted by Gasteiger charge is 2.25. The second-order valence-electron chi connectivity index (χ2n) is 9.41. The van der Waals surface area contributed by atoms with Crippen LogP contribution in [-0.2, 0) is 25.7 Å². The van der Waals surface area contributed by atoms with E-state index in [1.165, 1.54) is 50.3 Å². The minimum absolute atomic E-state index is 0.235. The van der Waals surface area contributed by atoms with E-state index in [9.17, 15) is 0 Å². The average molecular weight is 443 g/mol. The standard InChI is InChI=1S/C31H42N2/c1-9-22-20-29(32(5)6)24(11-3)18-27(22)31(26-16-14-13-15-17-26)28-19-25(12-4)30(33(7)8)21-23(28)10-2/h13-21,31H,9-12H2,1-8H3. The van der Waals surface area contributed by atoms with E-state index >= 15 is 0 Å². The predicted octanol–water partition coefficient (Wildman–Crippen LogP) is 7.25. The Hall–Kier alpha value is -2.74. The molecule has 0 fully saturated rings. The number of rotatable bonds is 9. The van der Waals surface area contributed by atoms with E-state index in [1.54, 1.807) is 0 Å². The van der Waals surface area contributed by atoms with Crippen molar-refractivity contribution in [3.8, 4) is 0 Å². The topological polar surface area (TPSA) is 6.48 Å². The number of hydrogen-bond donors (Lipinski definition) is 0. The Morgan fingerprint density at radius 2 is 0.939 bits per heavy atom. The molecule has 176 valence electrons. The fraction of sp³-hybridized carbons (Fsp3) is 0.419. The maximum atomic E-state index is 2.50. The van der Waals surface area contributed by atoms with Crippen molar-refractivity contribution in [2.45, 2.75) is 59.3 Å². The van der Waals surface area contributed by atoms with Gasteiger partial charge in [-0.1, -0.05) is 70.2 Å². The third-order valence-electron chi connectivity index (χ3n) is 6.92. The Morgan fingerprint density at radius 1 is 0.545 bits per heavy atom. The Labute approximate surface area is 202 Å². The molecule has 0 radical (unpaired) electrons. The maximum Gasteiger partial charge on any atom is 0.0396 e. The fourth-order valence-corrected chi connectivity index (χ4v) is 5.11. The van der Waals surface area contributed by atoms with Crippen molar-refractivity contribution in [2.24, 2.45) is 0 Å². The lowest BCUT2D eigenvalue weighted by Crippen LogP contribution is -2.16. The van der Waals surface area contributed by atoms with E-state index in [-0.39, 0.29) is 5.92 Å². The number of nitrogens with zero attached hydrogens (tertiary/aromatic N) is 2. The second kappa shape index (κ2) is 10.9. The van der Waals surface area contributed by atoms with E-state index in [0.717, 1.165) is 25.7 Å². The van der Waals surface area contributed by atoms with Crippen molar-refractivity contribution < 1.29 is 0 Å². The van der Waals surface area contributed by atoms with Gasteiger partial charge in [-0.25, -0.2) is 0 Å². The van der Waals surface area contributed by atoms with Gasteiger partial charge >= 0.3 is 0 Å². The van der Waals surface area contributed by atoms with E-state index < -0.39 is 0 Å². The molecule has 0 aromatic heterocycles. The Morgan fingerprint density at radius 3 is 1.27 bits per heavy atom. The first kappa shape index (κ1) is 24.9. The summed E-state index contributed by atoms with van der Waals surface area (Å²) in [7, 11) is 8.63. The largest absolute Gasteiger partial charge is 0.377 e. The molecule has 0 bridgehead atoms. The van der Waals surface area contributed by atoms with Crippen molar-refractivity contribution in [1.29, 1.82) is 0 Å². The minimum Gasteiger partial charge on any atom is -0.377 e. The summed E-state index contributed by atoms with van der Waals surface area (Å²) in [5.41, 5.74) is 12.7. The highest BCUT2D eigenvalue weighted by atomic mass is 15.1. The first-order valence-electron chi connectivity index (χ1n) is 12.6. The molecule has 3 rings (SSSR count). The number of hydrogen-bond acceptors (Lipinski definition) is 2. The molecule has 0 amide bonds. The second-order valence-corrected chi connectivity index (χ2v) is 9.41. The Kier molecular flexibility index (Phi) is 8.24. The van der Waals surface area contributed by atoms with Crippen molar-refractivity contribution in [3.05, 3.63) is 93.5 Å². The number of benzene rings is 3. The quantitative estimate of drug-likeness (QED) is 0.322. The molecule has 3 aromatic carbocycles. The molecule has 2 nitrogen and oxygen atoms in total. The number of anilines is 2. The van der Waals surface area contributed by atoms with Gasteiger partial charge in [-0.2, -0.15) is 0 Å². The lowest BCUT2D eigenvalue weighted by Gasteiger charge is -2.29. The van der Waals surface area contributed by atoms with E-state index in [1.807, 2.05) is 0 Å². The van der Waals surface area contributed by atoms with Crippen LogP contribution >= 0.6 is 0 Å². The minimum atomic E-state index is 0.235. The molecular weight excluding hydrogens is 400 g/mol. The molecule has 0 aliphatic carbocycles. The van der Waals surface area contributed by atoms with Gasteiger partial charge in [0.1, 0.15) is 0 Å². The summed E-state index contributed by atoms with van der Waals surface area (Å²) in [6, 6.07) is 21.0. The summed E-state index contributed by atoms with van der Waals surface area (Å²) >= 11 is 0. The molecule has 0 atom stereocenters. The lowest BCUT2D eigenvalue weighted by molar-refractivity contribution is 0.894. The van der Waals surface area contributed by atoms with Crippen LogP contribution in [0.25, 0.3) is 0 Å². The molecule has 0 unspecified atom stereocenters. The molecule has 0 saturated heterocycles. The van der Waals surface area contributed by atoms with Crippen LogP contribution in [-0.4, -0.2) is 28.2 Å². The monoisotopic (exact) mass is 442 g/mol. The van der Waals surface area contributed by atoms with Crippen molar-refractivity contribution in [3.63, 3.8) is 0 Å². The van der Waals surface area contributed by atoms with Crippen LogP contribution in [0.1, 0.15) is 72.6 Å². The van der Waals surface area contributed by atoms with E-state index in [4.69, 9.17) is 0 Å². The normalized spacial score (nSPS) is 11.2. The van der Waals surface area contributed by atoms with Gasteiger partial charge in [0.25, 0.3) is 0 Å². The summed E-state index contributed by atoms with van der Waals surface area (Å²) < 4.78 is 0. The zero-order valence-electron chi connectivity index (χ0n) is 22.0. The average Bonchev–Trinajstić information content (AvgIpc) is 2.83. The maximum absolute atomic E-state index is 2.50. The first-order valence-corrected chi connectivity index (χ1v) is 12.6. The highest BCUT2D eigenvalue weighted by molar-refractivity contribution is 5.63. The van der Waals surface area contributed by atoms with Gasteiger partial charge < -0.3 is 9.80 Å². The summed E-state index contributed by atoms with van der Waals surface area (Å²) in [6.45, 7) is 9.13. The van der Waals surface area contributed by atoms with Crippen molar-refractivity contribution in [1.82, 2.24) is 0 Å². The molecule has 0 saturated carbocycles. The van der Waals surface area contributed by atoms with E-state index in [0.29, 0.717) is 0 Å². The smallest absolute Gasteiger partial charge is 0.0396 e. The van der Waals surface area contributed by atoms with Gasteiger partial charge in [0.05, 0.1) is 0 Å². The summed E-state index contributed by atoms with van der Waals surface area (Å²) in [4.78, 5) is 4.52. The molecular formula is C31H42N2. The Balaban J connectivity index is 2.37. The van der Waals surface area contributed by atoms with Crippen LogP contribution in [0.5, 0.6) is 0 Å². The predicted molar refractivity (Wildman–Crippen MR) is 146 cm³/mol. The van der Waals surface area contributed by atoms with Gasteiger partial charge in [-0.05, 0) is 76.8 Å². The molecule has 0 N–H and O–H groups in total. The summed E-state index contributed by atoms with van der Waals surface area (Å²) in [6.07, 6.45) is 4.13. The zero-order chi connectivity index (χ0) is 24.1. The van der Waals surface area contributed by atoms with Gasteiger partial charge in [0, 0.05) is 45.5 Å².